The lowest BCUT2D eigenvalue weighted by Crippen LogP contribution is -2.17. The first-order valence-electron chi connectivity index (χ1n) is 6.25. The standard InChI is InChI=1S/C14H23NO3/c1-5-6-18-14-12(16-3)8-11(7-10(2)15)9-13(14)17-4/h8-10H,5-7,15H2,1-4H3/t10-/m0/s1. The van der Waals surface area contributed by atoms with Gasteiger partial charge in [-0.2, -0.15) is 0 Å². The van der Waals surface area contributed by atoms with Crippen LogP contribution in [0, 0.1) is 0 Å². The maximum absolute atomic E-state index is 5.81. The molecule has 0 amide bonds. The third-order valence-corrected chi connectivity index (χ3v) is 2.53. The minimum absolute atomic E-state index is 0.0989. The quantitative estimate of drug-likeness (QED) is 0.810. The van der Waals surface area contributed by atoms with Gasteiger partial charge >= 0.3 is 0 Å². The van der Waals surface area contributed by atoms with Crippen molar-refractivity contribution in [1.82, 2.24) is 0 Å². The summed E-state index contributed by atoms with van der Waals surface area (Å²) in [6.07, 6.45) is 1.72. The van der Waals surface area contributed by atoms with E-state index in [9.17, 15) is 0 Å². The van der Waals surface area contributed by atoms with Gasteiger partial charge in [0.15, 0.2) is 11.5 Å². The Labute approximate surface area is 109 Å². The summed E-state index contributed by atoms with van der Waals surface area (Å²) in [6, 6.07) is 4.01. The second kappa shape index (κ2) is 7.11. The normalized spacial score (nSPS) is 12.1. The molecular weight excluding hydrogens is 230 g/mol. The van der Waals surface area contributed by atoms with Gasteiger partial charge in [-0.1, -0.05) is 6.92 Å². The molecule has 4 nitrogen and oxygen atoms in total. The van der Waals surface area contributed by atoms with Crippen molar-refractivity contribution in [2.24, 2.45) is 5.73 Å². The zero-order chi connectivity index (χ0) is 13.5. The number of hydrogen-bond donors (Lipinski definition) is 1. The second-order valence-corrected chi connectivity index (χ2v) is 4.36. The van der Waals surface area contributed by atoms with Gasteiger partial charge in [0.2, 0.25) is 5.75 Å². The molecule has 18 heavy (non-hydrogen) atoms. The summed E-state index contributed by atoms with van der Waals surface area (Å²) in [5.74, 6) is 2.05. The van der Waals surface area contributed by atoms with Gasteiger partial charge in [-0.15, -0.1) is 0 Å². The van der Waals surface area contributed by atoms with Crippen molar-refractivity contribution in [2.75, 3.05) is 20.8 Å². The molecular formula is C14H23NO3. The van der Waals surface area contributed by atoms with E-state index in [1.165, 1.54) is 0 Å². The summed E-state index contributed by atoms with van der Waals surface area (Å²) >= 11 is 0. The largest absolute Gasteiger partial charge is 0.493 e. The first kappa shape index (κ1) is 14.6. The maximum atomic E-state index is 5.81. The van der Waals surface area contributed by atoms with Crippen molar-refractivity contribution >= 4 is 0 Å². The molecule has 0 aromatic heterocycles. The van der Waals surface area contributed by atoms with Crippen LogP contribution in [0.25, 0.3) is 0 Å². The SMILES string of the molecule is CCCOc1c(OC)cc(C[C@H](C)N)cc1OC. The average molecular weight is 253 g/mol. The van der Waals surface area contributed by atoms with Crippen LogP contribution in [-0.2, 0) is 6.42 Å². The Bertz CT molecular complexity index is 352. The van der Waals surface area contributed by atoms with E-state index in [0.717, 1.165) is 18.4 Å². The van der Waals surface area contributed by atoms with E-state index >= 15 is 0 Å². The van der Waals surface area contributed by atoms with Gasteiger partial charge in [-0.3, -0.25) is 0 Å². The van der Waals surface area contributed by atoms with E-state index < -0.39 is 0 Å². The Balaban J connectivity index is 3.08. The van der Waals surface area contributed by atoms with Crippen molar-refractivity contribution < 1.29 is 14.2 Å². The van der Waals surface area contributed by atoms with Crippen LogP contribution in [0.15, 0.2) is 12.1 Å². The number of rotatable bonds is 7. The molecule has 0 bridgehead atoms. The van der Waals surface area contributed by atoms with Crippen molar-refractivity contribution in [1.29, 1.82) is 0 Å². The second-order valence-electron chi connectivity index (χ2n) is 4.36. The van der Waals surface area contributed by atoms with Crippen LogP contribution in [0.5, 0.6) is 17.2 Å². The van der Waals surface area contributed by atoms with Crippen LogP contribution in [0.3, 0.4) is 0 Å². The maximum Gasteiger partial charge on any atom is 0.203 e. The van der Waals surface area contributed by atoms with Crippen molar-refractivity contribution in [3.05, 3.63) is 17.7 Å². The Morgan fingerprint density at radius 3 is 2.11 bits per heavy atom. The molecule has 0 saturated heterocycles. The van der Waals surface area contributed by atoms with Crippen molar-refractivity contribution in [3.63, 3.8) is 0 Å². The molecule has 1 rings (SSSR count). The molecule has 1 aromatic rings. The molecule has 1 aromatic carbocycles. The summed E-state index contributed by atoms with van der Waals surface area (Å²) in [7, 11) is 3.26. The summed E-state index contributed by atoms with van der Waals surface area (Å²) in [4.78, 5) is 0. The van der Waals surface area contributed by atoms with Crippen LogP contribution in [0.2, 0.25) is 0 Å². The third-order valence-electron chi connectivity index (χ3n) is 2.53. The fraction of sp³-hybridized carbons (Fsp3) is 0.571. The van der Waals surface area contributed by atoms with Crippen LogP contribution in [0.1, 0.15) is 25.8 Å². The molecule has 0 fully saturated rings. The highest BCUT2D eigenvalue weighted by atomic mass is 16.5. The Morgan fingerprint density at radius 1 is 1.17 bits per heavy atom. The third kappa shape index (κ3) is 3.81. The van der Waals surface area contributed by atoms with Gasteiger partial charge in [0.05, 0.1) is 20.8 Å². The van der Waals surface area contributed by atoms with Crippen LogP contribution >= 0.6 is 0 Å². The first-order chi connectivity index (χ1) is 8.62. The van der Waals surface area contributed by atoms with Crippen molar-refractivity contribution in [2.45, 2.75) is 32.7 Å². The van der Waals surface area contributed by atoms with Gasteiger partial charge < -0.3 is 19.9 Å². The van der Waals surface area contributed by atoms with Crippen LogP contribution in [0.4, 0.5) is 0 Å². The van der Waals surface area contributed by atoms with Gasteiger partial charge in [-0.05, 0) is 37.5 Å². The molecule has 4 heteroatoms. The number of hydrogen-bond acceptors (Lipinski definition) is 4. The molecule has 102 valence electrons. The number of ether oxygens (including phenoxy) is 3. The Morgan fingerprint density at radius 2 is 1.72 bits per heavy atom. The highest BCUT2D eigenvalue weighted by Gasteiger charge is 2.14. The smallest absolute Gasteiger partial charge is 0.203 e. The van der Waals surface area contributed by atoms with Crippen molar-refractivity contribution in [3.8, 4) is 17.2 Å². The fourth-order valence-electron chi connectivity index (χ4n) is 1.77. The minimum Gasteiger partial charge on any atom is -0.493 e. The monoisotopic (exact) mass is 253 g/mol. The lowest BCUT2D eigenvalue weighted by Gasteiger charge is -2.16. The van der Waals surface area contributed by atoms with Crippen LogP contribution < -0.4 is 19.9 Å². The number of benzene rings is 1. The average Bonchev–Trinajstić information content (AvgIpc) is 2.35. The molecule has 0 aliphatic carbocycles. The van der Waals surface area contributed by atoms with Crippen LogP contribution in [-0.4, -0.2) is 26.9 Å². The molecule has 0 aliphatic heterocycles. The minimum atomic E-state index is 0.0989. The summed E-state index contributed by atoms with van der Waals surface area (Å²) in [5.41, 5.74) is 6.90. The van der Waals surface area contributed by atoms with Gasteiger partial charge in [0.1, 0.15) is 0 Å². The van der Waals surface area contributed by atoms with E-state index in [0.29, 0.717) is 23.9 Å². The zero-order valence-electron chi connectivity index (χ0n) is 11.7. The van der Waals surface area contributed by atoms with E-state index in [-0.39, 0.29) is 6.04 Å². The summed E-state index contributed by atoms with van der Waals surface area (Å²) < 4.78 is 16.4. The Kier molecular flexibility index (Phi) is 5.78. The van der Waals surface area contributed by atoms with E-state index in [1.807, 2.05) is 19.1 Å². The lowest BCUT2D eigenvalue weighted by molar-refractivity contribution is 0.274. The molecule has 0 spiro atoms. The topological polar surface area (TPSA) is 53.7 Å². The molecule has 1 atom stereocenters. The highest BCUT2D eigenvalue weighted by Crippen LogP contribution is 2.38. The molecule has 0 aliphatic rings. The summed E-state index contributed by atoms with van der Waals surface area (Å²) in [6.45, 7) is 4.67. The van der Waals surface area contributed by atoms with Gasteiger partial charge in [0, 0.05) is 6.04 Å². The molecule has 2 N–H and O–H groups in total. The first-order valence-corrected chi connectivity index (χ1v) is 6.25. The highest BCUT2D eigenvalue weighted by molar-refractivity contribution is 5.54. The zero-order valence-corrected chi connectivity index (χ0v) is 11.7. The van der Waals surface area contributed by atoms with Gasteiger partial charge in [0.25, 0.3) is 0 Å². The predicted octanol–water partition coefficient (Wildman–Crippen LogP) is 2.38. The molecule has 0 saturated carbocycles. The van der Waals surface area contributed by atoms with E-state index in [1.54, 1.807) is 14.2 Å². The van der Waals surface area contributed by atoms with E-state index in [2.05, 4.69) is 6.92 Å². The Hall–Kier alpha value is -1.42. The number of nitrogens with two attached hydrogens (primary N) is 1. The van der Waals surface area contributed by atoms with Gasteiger partial charge in [-0.25, -0.2) is 0 Å². The molecule has 0 unspecified atom stereocenters. The van der Waals surface area contributed by atoms with E-state index in [4.69, 9.17) is 19.9 Å². The number of methoxy groups -OCH3 is 2. The molecule has 0 radical (unpaired) electrons. The lowest BCUT2D eigenvalue weighted by atomic mass is 10.1. The molecule has 0 heterocycles. The fourth-order valence-corrected chi connectivity index (χ4v) is 1.77. The predicted molar refractivity (Wildman–Crippen MR) is 72.7 cm³/mol. The summed E-state index contributed by atoms with van der Waals surface area (Å²) in [5, 5.41) is 0.